The minimum atomic E-state index is 0.240. The van der Waals surface area contributed by atoms with E-state index in [0.29, 0.717) is 12.1 Å². The summed E-state index contributed by atoms with van der Waals surface area (Å²) < 4.78 is 0. The summed E-state index contributed by atoms with van der Waals surface area (Å²) in [5, 5.41) is 0. The van der Waals surface area contributed by atoms with Gasteiger partial charge in [-0.2, -0.15) is 0 Å². The van der Waals surface area contributed by atoms with Gasteiger partial charge in [-0.05, 0) is 0 Å². The van der Waals surface area contributed by atoms with Crippen molar-refractivity contribution >= 4 is 5.71 Å². The molecule has 15 heavy (non-hydrogen) atoms. The minimum absolute atomic E-state index is 0.240. The van der Waals surface area contributed by atoms with Crippen LogP contribution in [-0.4, -0.2) is 5.71 Å². The summed E-state index contributed by atoms with van der Waals surface area (Å²) >= 11 is 0. The first-order chi connectivity index (χ1) is 7.35. The van der Waals surface area contributed by atoms with Gasteiger partial charge >= 0.3 is 0 Å². The highest BCUT2D eigenvalue weighted by Gasteiger charge is 2.22. The third-order valence-corrected chi connectivity index (χ3v) is 2.18. The molecule has 1 aliphatic heterocycles. The van der Waals surface area contributed by atoms with Crippen LogP contribution >= 0.6 is 0 Å². The van der Waals surface area contributed by atoms with Crippen LogP contribution in [0.3, 0.4) is 0 Å². The van der Waals surface area contributed by atoms with Crippen LogP contribution in [0.5, 0.6) is 0 Å². The monoisotopic (exact) mass is 193 g/mol. The Morgan fingerprint density at radius 1 is 1.07 bits per heavy atom. The van der Waals surface area contributed by atoms with Crippen LogP contribution in [0.15, 0.2) is 46.8 Å². The highest BCUT2D eigenvalue weighted by molar-refractivity contribution is 6.04. The van der Waals surface area contributed by atoms with E-state index >= 15 is 0 Å². The summed E-state index contributed by atoms with van der Waals surface area (Å²) in [6, 6.07) is 9.65. The predicted octanol–water partition coefficient (Wildman–Crippen LogP) is 2.89. The molecule has 0 N–H and O–H groups in total. The molecule has 0 unspecified atom stereocenters. The van der Waals surface area contributed by atoms with E-state index in [-0.39, 0.29) is 5.82 Å². The first-order valence-corrected chi connectivity index (χ1v) is 4.46. The Balaban J connectivity index is 2.35. The van der Waals surface area contributed by atoms with Gasteiger partial charge in [0.2, 0.25) is 0 Å². The molecule has 0 bridgehead atoms. The van der Waals surface area contributed by atoms with Crippen molar-refractivity contribution in [1.29, 1.82) is 0 Å². The molecule has 0 spiro atoms. The van der Waals surface area contributed by atoms with Crippen LogP contribution in [-0.2, 0) is 0 Å². The lowest BCUT2D eigenvalue weighted by Crippen LogP contribution is -1.96. The Labute approximate surface area is 88.0 Å². The molecule has 1 aromatic rings. The lowest BCUT2D eigenvalue weighted by Gasteiger charge is -1.95. The highest BCUT2D eigenvalue weighted by Crippen LogP contribution is 2.25. The average molecular weight is 193 g/mol. The van der Waals surface area contributed by atoms with E-state index < -0.39 is 0 Å². The largest absolute Gasteiger partial charge is 0.372 e. The van der Waals surface area contributed by atoms with Gasteiger partial charge in [0.1, 0.15) is 5.71 Å². The molecular weight excluding hydrogens is 186 g/mol. The standard InChI is InChI=1S/C12H7N3/c1-13-11-8-10(15-12(11)14-2)9-6-4-3-5-7-9/h3-7H,8H2. The number of benzene rings is 1. The molecule has 1 heterocycles. The molecule has 0 aliphatic carbocycles. The normalized spacial score (nSPS) is 14.4. The van der Waals surface area contributed by atoms with Crippen LogP contribution < -0.4 is 0 Å². The Kier molecular flexibility index (Phi) is 2.31. The van der Waals surface area contributed by atoms with E-state index in [2.05, 4.69) is 14.7 Å². The zero-order chi connectivity index (χ0) is 10.7. The Morgan fingerprint density at radius 2 is 1.80 bits per heavy atom. The lowest BCUT2D eigenvalue weighted by molar-refractivity contribution is 1.35. The molecule has 0 fully saturated rings. The fourth-order valence-electron chi connectivity index (χ4n) is 1.45. The maximum atomic E-state index is 6.94. The van der Waals surface area contributed by atoms with E-state index in [1.807, 2.05) is 30.3 Å². The van der Waals surface area contributed by atoms with Crippen LogP contribution in [0.2, 0.25) is 0 Å². The number of hydrogen-bond donors (Lipinski definition) is 0. The van der Waals surface area contributed by atoms with Gasteiger partial charge in [-0.15, -0.1) is 4.99 Å². The number of rotatable bonds is 1. The molecule has 0 aromatic heterocycles. The van der Waals surface area contributed by atoms with Gasteiger partial charge in [-0.1, -0.05) is 36.9 Å². The molecule has 1 aromatic carbocycles. The molecule has 3 nitrogen and oxygen atoms in total. The quantitative estimate of drug-likeness (QED) is 0.611. The van der Waals surface area contributed by atoms with Gasteiger partial charge in [-0.25, -0.2) is 0 Å². The first-order valence-electron chi connectivity index (χ1n) is 4.46. The smallest absolute Gasteiger partial charge is 0.270 e. The molecule has 1 aliphatic rings. The van der Waals surface area contributed by atoms with Crippen molar-refractivity contribution in [2.75, 3.05) is 0 Å². The molecule has 0 saturated carbocycles. The zero-order valence-electron chi connectivity index (χ0n) is 7.94. The fraction of sp³-hybridized carbons (Fsp3) is 0.0833. The molecule has 70 valence electrons. The summed E-state index contributed by atoms with van der Waals surface area (Å²) in [5.74, 6) is 0.240. The van der Waals surface area contributed by atoms with Crippen molar-refractivity contribution in [2.45, 2.75) is 6.42 Å². The van der Waals surface area contributed by atoms with Crippen molar-refractivity contribution in [3.8, 4) is 0 Å². The maximum Gasteiger partial charge on any atom is 0.270 e. The van der Waals surface area contributed by atoms with Gasteiger partial charge in [0, 0.05) is 12.0 Å². The Hall–Kier alpha value is -2.39. The van der Waals surface area contributed by atoms with Crippen LogP contribution in [0.25, 0.3) is 9.69 Å². The SMILES string of the molecule is [C-]#[N+]C1=C([N+]#[C-])N=C(c2ccccc2)C1. The molecule has 2 rings (SSSR count). The van der Waals surface area contributed by atoms with Gasteiger partial charge in [-0.3, -0.25) is 4.85 Å². The van der Waals surface area contributed by atoms with Gasteiger partial charge in [0.15, 0.2) is 5.70 Å². The van der Waals surface area contributed by atoms with Crippen molar-refractivity contribution in [3.63, 3.8) is 0 Å². The molecule has 3 heteroatoms. The highest BCUT2D eigenvalue weighted by atomic mass is 15.0. The minimum Gasteiger partial charge on any atom is -0.372 e. The third-order valence-electron chi connectivity index (χ3n) is 2.18. The summed E-state index contributed by atoms with van der Waals surface area (Å²) in [5.41, 5.74) is 2.24. The van der Waals surface area contributed by atoms with Crippen LogP contribution in [0.4, 0.5) is 0 Å². The number of allylic oxidation sites excluding steroid dienone is 1. The van der Waals surface area contributed by atoms with Crippen LogP contribution in [0.1, 0.15) is 12.0 Å². The van der Waals surface area contributed by atoms with E-state index in [1.54, 1.807) is 0 Å². The van der Waals surface area contributed by atoms with Crippen molar-refractivity contribution in [1.82, 2.24) is 0 Å². The molecule has 0 atom stereocenters. The van der Waals surface area contributed by atoms with Crippen molar-refractivity contribution < 1.29 is 0 Å². The van der Waals surface area contributed by atoms with Gasteiger partial charge < -0.3 is 4.85 Å². The predicted molar refractivity (Wildman–Crippen MR) is 57.8 cm³/mol. The lowest BCUT2D eigenvalue weighted by atomic mass is 10.1. The zero-order valence-corrected chi connectivity index (χ0v) is 7.94. The third kappa shape index (κ3) is 1.63. The molecule has 0 amide bonds. The maximum absolute atomic E-state index is 6.94. The summed E-state index contributed by atoms with van der Waals surface area (Å²) in [6.07, 6.45) is 0.477. The van der Waals surface area contributed by atoms with Crippen molar-refractivity contribution in [3.05, 3.63) is 70.2 Å². The summed E-state index contributed by atoms with van der Waals surface area (Å²) in [4.78, 5) is 10.7. The fourth-order valence-corrected chi connectivity index (χ4v) is 1.45. The number of aliphatic imine (C=N–C) groups is 1. The summed E-state index contributed by atoms with van der Waals surface area (Å²) in [6.45, 7) is 13.8. The number of hydrogen-bond acceptors (Lipinski definition) is 1. The van der Waals surface area contributed by atoms with E-state index in [1.165, 1.54) is 0 Å². The average Bonchev–Trinajstić information content (AvgIpc) is 2.73. The van der Waals surface area contributed by atoms with Crippen molar-refractivity contribution in [2.24, 2.45) is 4.99 Å². The van der Waals surface area contributed by atoms with Gasteiger partial charge in [0.25, 0.3) is 5.82 Å². The number of nitrogens with zero attached hydrogens (tertiary/aromatic N) is 3. The van der Waals surface area contributed by atoms with E-state index in [0.717, 1.165) is 11.3 Å². The first kappa shape index (κ1) is 9.18. The Morgan fingerprint density at radius 3 is 2.33 bits per heavy atom. The van der Waals surface area contributed by atoms with Crippen LogP contribution in [0, 0.1) is 13.1 Å². The van der Waals surface area contributed by atoms with Gasteiger partial charge in [0.05, 0.1) is 6.57 Å². The molecule has 0 radical (unpaired) electrons. The molecule has 0 saturated heterocycles. The van der Waals surface area contributed by atoms with E-state index in [9.17, 15) is 0 Å². The summed E-state index contributed by atoms with van der Waals surface area (Å²) in [7, 11) is 0. The second-order valence-corrected chi connectivity index (χ2v) is 3.10. The second kappa shape index (κ2) is 3.77. The molecular formula is C12H7N3. The second-order valence-electron chi connectivity index (χ2n) is 3.10. The Bertz CT molecular complexity index is 524. The van der Waals surface area contributed by atoms with E-state index in [4.69, 9.17) is 13.1 Å². The topological polar surface area (TPSA) is 21.1 Å².